The molecule has 142 valence electrons. The molecule has 0 saturated carbocycles. The van der Waals surface area contributed by atoms with E-state index in [-0.39, 0.29) is 36.4 Å². The summed E-state index contributed by atoms with van der Waals surface area (Å²) < 4.78 is 5.13. The molecular weight excluding hydrogens is 421 g/mol. The van der Waals surface area contributed by atoms with E-state index in [4.69, 9.17) is 4.74 Å². The number of nitrogens with zero attached hydrogens (tertiary/aromatic N) is 3. The van der Waals surface area contributed by atoms with E-state index in [9.17, 15) is 4.79 Å². The van der Waals surface area contributed by atoms with Crippen molar-refractivity contribution in [3.63, 3.8) is 0 Å². The molecule has 7 nitrogen and oxygen atoms in total. The third-order valence-corrected chi connectivity index (χ3v) is 3.95. The lowest BCUT2D eigenvalue weighted by atomic mass is 10.1. The number of ether oxygens (including phenoxy) is 1. The van der Waals surface area contributed by atoms with Gasteiger partial charge in [-0.25, -0.2) is 4.99 Å². The lowest BCUT2D eigenvalue weighted by Crippen LogP contribution is -2.49. The average Bonchev–Trinajstić information content (AvgIpc) is 2.56. The number of hydrogen-bond acceptors (Lipinski definition) is 4. The lowest BCUT2D eigenvalue weighted by Gasteiger charge is -2.32. The molecule has 1 amide bonds. The highest BCUT2D eigenvalue weighted by Crippen LogP contribution is 2.09. The maximum absolute atomic E-state index is 11.7. The number of halogens is 1. The van der Waals surface area contributed by atoms with Gasteiger partial charge in [-0.1, -0.05) is 6.92 Å². The van der Waals surface area contributed by atoms with Crippen molar-refractivity contribution < 1.29 is 9.53 Å². The molecule has 1 aliphatic heterocycles. The number of carbonyl (C=O) groups excluding carboxylic acids is 1. The molecule has 0 unspecified atom stereocenters. The molecule has 0 aromatic carbocycles. The molecule has 0 bridgehead atoms. The van der Waals surface area contributed by atoms with Crippen LogP contribution in [-0.2, 0) is 9.53 Å². The van der Waals surface area contributed by atoms with Crippen LogP contribution in [0.2, 0.25) is 0 Å². The van der Waals surface area contributed by atoms with Gasteiger partial charge in [-0.3, -0.25) is 4.79 Å². The summed E-state index contributed by atoms with van der Waals surface area (Å²) in [4.78, 5) is 20.1. The van der Waals surface area contributed by atoms with E-state index < -0.39 is 0 Å². The molecule has 1 fully saturated rings. The van der Waals surface area contributed by atoms with Crippen molar-refractivity contribution in [2.75, 3.05) is 60.5 Å². The molecule has 8 heteroatoms. The van der Waals surface area contributed by atoms with Crippen LogP contribution < -0.4 is 10.6 Å². The van der Waals surface area contributed by atoms with E-state index in [0.717, 1.165) is 58.0 Å². The third-order valence-electron chi connectivity index (χ3n) is 3.95. The van der Waals surface area contributed by atoms with Gasteiger partial charge in [-0.2, -0.15) is 0 Å². The molecule has 24 heavy (non-hydrogen) atoms. The van der Waals surface area contributed by atoms with Crippen LogP contribution in [0.4, 0.5) is 0 Å². The average molecular weight is 455 g/mol. The predicted octanol–water partition coefficient (Wildman–Crippen LogP) is 0.749. The van der Waals surface area contributed by atoms with Gasteiger partial charge in [0.2, 0.25) is 5.91 Å². The molecule has 0 spiro atoms. The fourth-order valence-corrected chi connectivity index (χ4v) is 2.40. The van der Waals surface area contributed by atoms with E-state index in [1.807, 2.05) is 0 Å². The summed E-state index contributed by atoms with van der Waals surface area (Å²) in [5.74, 6) is 0.759. The fraction of sp³-hybridized carbons (Fsp3) is 0.875. The molecule has 2 N–H and O–H groups in total. The van der Waals surface area contributed by atoms with E-state index in [0.29, 0.717) is 6.04 Å². The molecule has 0 aromatic heterocycles. The Kier molecular flexibility index (Phi) is 13.3. The highest BCUT2D eigenvalue weighted by molar-refractivity contribution is 14.0. The number of methoxy groups -OCH3 is 1. The van der Waals surface area contributed by atoms with Gasteiger partial charge in [0, 0.05) is 53.4 Å². The van der Waals surface area contributed by atoms with Crippen LogP contribution in [0.25, 0.3) is 0 Å². The van der Waals surface area contributed by atoms with Crippen molar-refractivity contribution in [3.8, 4) is 0 Å². The first-order chi connectivity index (χ1) is 11.1. The topological polar surface area (TPSA) is 69.2 Å². The molecule has 1 saturated heterocycles. The van der Waals surface area contributed by atoms with Crippen molar-refractivity contribution in [3.05, 3.63) is 0 Å². The van der Waals surface area contributed by atoms with Crippen molar-refractivity contribution in [1.82, 2.24) is 20.4 Å². The highest BCUT2D eigenvalue weighted by atomic mass is 127. The molecule has 0 aromatic rings. The zero-order chi connectivity index (χ0) is 17.1. The van der Waals surface area contributed by atoms with Gasteiger partial charge < -0.3 is 25.2 Å². The predicted molar refractivity (Wildman–Crippen MR) is 109 cm³/mol. The maximum Gasteiger partial charge on any atom is 0.243 e. The van der Waals surface area contributed by atoms with E-state index >= 15 is 0 Å². The second-order valence-electron chi connectivity index (χ2n) is 6.13. The lowest BCUT2D eigenvalue weighted by molar-refractivity contribution is -0.127. The first-order valence-corrected chi connectivity index (χ1v) is 8.53. The number of aliphatic imine (C=N–C) groups is 1. The number of likely N-dealkylation sites (N-methyl/N-ethyl adjacent to an activating group) is 1. The summed E-state index contributed by atoms with van der Waals surface area (Å²) in [5, 5.41) is 6.76. The second-order valence-corrected chi connectivity index (χ2v) is 6.13. The van der Waals surface area contributed by atoms with Gasteiger partial charge in [-0.05, 0) is 19.3 Å². The van der Waals surface area contributed by atoms with Crippen molar-refractivity contribution in [1.29, 1.82) is 0 Å². The monoisotopic (exact) mass is 455 g/mol. The molecular formula is C16H34IN5O2. The molecule has 0 radical (unpaired) electrons. The molecule has 1 heterocycles. The van der Waals surface area contributed by atoms with Crippen molar-refractivity contribution in [2.24, 2.45) is 4.99 Å². The van der Waals surface area contributed by atoms with Crippen LogP contribution >= 0.6 is 24.0 Å². The van der Waals surface area contributed by atoms with Gasteiger partial charge in [0.15, 0.2) is 5.96 Å². The van der Waals surface area contributed by atoms with Crippen LogP contribution in [0.3, 0.4) is 0 Å². The zero-order valence-electron chi connectivity index (χ0n) is 15.5. The third kappa shape index (κ3) is 9.63. The van der Waals surface area contributed by atoms with E-state index in [1.54, 1.807) is 26.1 Å². The number of rotatable bonds is 8. The SMILES string of the molecule is CCCNC(=NCC(=O)N(C)C)NC1CCN(CCOC)CC1.I. The summed E-state index contributed by atoms with van der Waals surface area (Å²) in [7, 11) is 5.24. The van der Waals surface area contributed by atoms with Crippen LogP contribution in [0.15, 0.2) is 4.99 Å². The molecule has 1 aliphatic rings. The number of carbonyl (C=O) groups is 1. The Morgan fingerprint density at radius 1 is 1.33 bits per heavy atom. The quantitative estimate of drug-likeness (QED) is 0.321. The van der Waals surface area contributed by atoms with E-state index in [2.05, 4.69) is 27.4 Å². The fourth-order valence-electron chi connectivity index (χ4n) is 2.40. The van der Waals surface area contributed by atoms with Gasteiger partial charge in [0.1, 0.15) is 6.54 Å². The van der Waals surface area contributed by atoms with Gasteiger partial charge in [-0.15, -0.1) is 24.0 Å². The number of amides is 1. The van der Waals surface area contributed by atoms with Gasteiger partial charge in [0.05, 0.1) is 6.61 Å². The smallest absolute Gasteiger partial charge is 0.243 e. The second kappa shape index (κ2) is 13.7. The first kappa shape index (κ1) is 23.4. The Morgan fingerprint density at radius 3 is 2.54 bits per heavy atom. The zero-order valence-corrected chi connectivity index (χ0v) is 17.8. The number of likely N-dealkylation sites (tertiary alicyclic amines) is 1. The van der Waals surface area contributed by atoms with Crippen molar-refractivity contribution in [2.45, 2.75) is 32.2 Å². The molecule has 0 aliphatic carbocycles. The minimum atomic E-state index is 0. The summed E-state index contributed by atoms with van der Waals surface area (Å²) in [6.45, 7) is 7.07. The maximum atomic E-state index is 11.7. The summed E-state index contributed by atoms with van der Waals surface area (Å²) in [6.07, 6.45) is 3.19. The summed E-state index contributed by atoms with van der Waals surface area (Å²) >= 11 is 0. The molecule has 1 rings (SSSR count). The van der Waals surface area contributed by atoms with Gasteiger partial charge in [0.25, 0.3) is 0 Å². The highest BCUT2D eigenvalue weighted by Gasteiger charge is 2.19. The van der Waals surface area contributed by atoms with Crippen LogP contribution in [-0.4, -0.2) is 88.2 Å². The standard InChI is InChI=1S/C16H33N5O2.HI/c1-5-8-17-16(18-13-15(22)20(2)3)19-14-6-9-21(10-7-14)11-12-23-4;/h14H,5-13H2,1-4H3,(H2,17,18,19);1H. The number of piperidine rings is 1. The number of hydrogen-bond donors (Lipinski definition) is 2. The number of guanidine groups is 1. The summed E-state index contributed by atoms with van der Waals surface area (Å²) in [5.41, 5.74) is 0. The van der Waals surface area contributed by atoms with E-state index in [1.165, 1.54) is 0 Å². The minimum absolute atomic E-state index is 0. The van der Waals surface area contributed by atoms with Crippen LogP contribution in [0.1, 0.15) is 26.2 Å². The Hall–Kier alpha value is -0.610. The van der Waals surface area contributed by atoms with Gasteiger partial charge >= 0.3 is 0 Å². The van der Waals surface area contributed by atoms with Crippen LogP contribution in [0.5, 0.6) is 0 Å². The largest absolute Gasteiger partial charge is 0.383 e. The summed E-state index contributed by atoms with van der Waals surface area (Å²) in [6, 6.07) is 0.409. The minimum Gasteiger partial charge on any atom is -0.383 e. The normalized spacial score (nSPS) is 16.4. The Balaban J connectivity index is 0.00000529. The first-order valence-electron chi connectivity index (χ1n) is 8.53. The van der Waals surface area contributed by atoms with Crippen molar-refractivity contribution >= 4 is 35.8 Å². The Labute approximate surface area is 163 Å². The van der Waals surface area contributed by atoms with Crippen LogP contribution in [0, 0.1) is 0 Å². The molecule has 0 atom stereocenters. The Morgan fingerprint density at radius 2 is 2.00 bits per heavy atom. The Bertz CT molecular complexity index is 371. The number of nitrogens with one attached hydrogen (secondary N) is 2.